The Morgan fingerprint density at radius 2 is 1.96 bits per heavy atom. The van der Waals surface area contributed by atoms with Crippen molar-refractivity contribution in [3.63, 3.8) is 0 Å². The summed E-state index contributed by atoms with van der Waals surface area (Å²) in [6, 6.07) is 13.1. The minimum Gasteiger partial charge on any atom is -0.497 e. The number of fused-ring (bicyclic) bond motifs is 2. The number of carbonyl (C=O) groups excluding carboxylic acids is 2. The summed E-state index contributed by atoms with van der Waals surface area (Å²) in [5.74, 6) is 0.214. The van der Waals surface area contributed by atoms with Gasteiger partial charge in [0.25, 0.3) is 5.91 Å². The predicted octanol–water partition coefficient (Wildman–Crippen LogP) is 3.46. The van der Waals surface area contributed by atoms with E-state index in [2.05, 4.69) is 5.32 Å². The maximum Gasteiger partial charge on any atom is 0.260 e. The van der Waals surface area contributed by atoms with E-state index in [0.29, 0.717) is 24.3 Å². The lowest BCUT2D eigenvalue weighted by molar-refractivity contribution is -0.129. The molecule has 2 amide bonds. The second kappa shape index (κ2) is 8.55. The third-order valence-electron chi connectivity index (χ3n) is 4.58. The average Bonchev–Trinajstić information content (AvgIpc) is 2.81. The van der Waals surface area contributed by atoms with Gasteiger partial charge < -0.3 is 15.0 Å². The van der Waals surface area contributed by atoms with E-state index in [-0.39, 0.29) is 12.3 Å². The number of anilines is 3. The van der Waals surface area contributed by atoms with Crippen LogP contribution in [0.15, 0.2) is 42.5 Å². The molecular formula is C20H23N3O4. The molecule has 7 nitrogen and oxygen atoms in total. The number of benzene rings is 2. The van der Waals surface area contributed by atoms with Crippen molar-refractivity contribution in [1.29, 1.82) is 0 Å². The van der Waals surface area contributed by atoms with Gasteiger partial charge in [-0.1, -0.05) is 18.6 Å². The van der Waals surface area contributed by atoms with Crippen LogP contribution >= 0.6 is 0 Å². The molecule has 1 aliphatic rings. The highest BCUT2D eigenvalue weighted by Gasteiger charge is 2.26. The molecule has 3 rings (SSSR count). The molecule has 3 N–H and O–H groups in total. The fourth-order valence-corrected chi connectivity index (χ4v) is 3.16. The van der Waals surface area contributed by atoms with Crippen LogP contribution in [-0.2, 0) is 4.79 Å². The lowest BCUT2D eigenvalue weighted by Crippen LogP contribution is -2.31. The van der Waals surface area contributed by atoms with E-state index in [1.807, 2.05) is 42.5 Å². The number of nitrogens with zero attached hydrogens (tertiary/aromatic N) is 1. The first-order valence-corrected chi connectivity index (χ1v) is 8.93. The third-order valence-corrected chi connectivity index (χ3v) is 4.58. The minimum absolute atomic E-state index is 0.0711. The first kappa shape index (κ1) is 18.7. The standard InChI is InChI=1S/C20H23N3O4/c1-27-14-10-11-17-18(13-14)23(12-6-2-3-9-19(24)22-26)20(25)15-7-4-5-8-16(15)21-17/h4-5,7-8,10-11,13,21,26H,2-3,6,9,12H2,1H3,(H,22,24). The number of unbranched alkanes of at least 4 members (excludes halogenated alkanes) is 2. The first-order chi connectivity index (χ1) is 13.1. The van der Waals surface area contributed by atoms with E-state index in [9.17, 15) is 9.59 Å². The van der Waals surface area contributed by atoms with E-state index in [4.69, 9.17) is 9.94 Å². The summed E-state index contributed by atoms with van der Waals surface area (Å²) < 4.78 is 5.33. The number of methoxy groups -OCH3 is 1. The predicted molar refractivity (Wildman–Crippen MR) is 103 cm³/mol. The monoisotopic (exact) mass is 369 g/mol. The van der Waals surface area contributed by atoms with Gasteiger partial charge in [-0.15, -0.1) is 0 Å². The van der Waals surface area contributed by atoms with Gasteiger partial charge in [-0.05, 0) is 37.1 Å². The summed E-state index contributed by atoms with van der Waals surface area (Å²) in [5.41, 5.74) is 4.63. The van der Waals surface area contributed by atoms with Crippen molar-refractivity contribution in [2.75, 3.05) is 23.9 Å². The average molecular weight is 369 g/mol. The molecule has 0 atom stereocenters. The lowest BCUT2D eigenvalue weighted by Gasteiger charge is -2.23. The topological polar surface area (TPSA) is 90.9 Å². The highest BCUT2D eigenvalue weighted by molar-refractivity contribution is 6.13. The highest BCUT2D eigenvalue weighted by atomic mass is 16.5. The molecule has 1 aliphatic heterocycles. The van der Waals surface area contributed by atoms with Crippen LogP contribution in [-0.4, -0.2) is 30.7 Å². The molecule has 1 heterocycles. The number of hydrogen-bond donors (Lipinski definition) is 3. The number of hydroxylamine groups is 1. The van der Waals surface area contributed by atoms with Crippen molar-refractivity contribution in [1.82, 2.24) is 5.48 Å². The van der Waals surface area contributed by atoms with Crippen molar-refractivity contribution in [2.24, 2.45) is 0 Å². The van der Waals surface area contributed by atoms with Crippen LogP contribution in [0.5, 0.6) is 5.75 Å². The zero-order valence-corrected chi connectivity index (χ0v) is 15.2. The van der Waals surface area contributed by atoms with Crippen LogP contribution in [0.25, 0.3) is 0 Å². The number of para-hydroxylation sites is 1. The minimum atomic E-state index is -0.394. The van der Waals surface area contributed by atoms with Crippen LogP contribution in [0.2, 0.25) is 0 Å². The Morgan fingerprint density at radius 3 is 2.74 bits per heavy atom. The molecule has 0 unspecified atom stereocenters. The molecule has 0 bridgehead atoms. The van der Waals surface area contributed by atoms with Gasteiger partial charge >= 0.3 is 0 Å². The Morgan fingerprint density at radius 1 is 1.15 bits per heavy atom. The third kappa shape index (κ3) is 4.20. The van der Waals surface area contributed by atoms with Crippen molar-refractivity contribution in [2.45, 2.75) is 25.7 Å². The molecule has 0 spiro atoms. The lowest BCUT2D eigenvalue weighted by atomic mass is 10.1. The Balaban J connectivity index is 1.82. The van der Waals surface area contributed by atoms with Crippen LogP contribution in [0, 0.1) is 0 Å². The summed E-state index contributed by atoms with van der Waals surface area (Å²) in [4.78, 5) is 26.0. The largest absolute Gasteiger partial charge is 0.497 e. The van der Waals surface area contributed by atoms with Crippen molar-refractivity contribution in [3.05, 3.63) is 48.0 Å². The summed E-state index contributed by atoms with van der Waals surface area (Å²) in [7, 11) is 1.60. The van der Waals surface area contributed by atoms with Gasteiger partial charge in [-0.2, -0.15) is 0 Å². The van der Waals surface area contributed by atoms with Crippen LogP contribution < -0.4 is 20.4 Å². The number of rotatable bonds is 7. The second-order valence-corrected chi connectivity index (χ2v) is 6.36. The molecule has 7 heteroatoms. The molecule has 0 fully saturated rings. The number of nitrogens with one attached hydrogen (secondary N) is 2. The van der Waals surface area contributed by atoms with Crippen LogP contribution in [0.3, 0.4) is 0 Å². The maximum atomic E-state index is 13.2. The molecule has 27 heavy (non-hydrogen) atoms. The molecule has 2 aromatic carbocycles. The van der Waals surface area contributed by atoms with Crippen molar-refractivity contribution in [3.8, 4) is 5.75 Å². The molecule has 2 aromatic rings. The van der Waals surface area contributed by atoms with Gasteiger partial charge in [-0.3, -0.25) is 14.8 Å². The molecule has 0 radical (unpaired) electrons. The van der Waals surface area contributed by atoms with Crippen LogP contribution in [0.4, 0.5) is 17.1 Å². The van der Waals surface area contributed by atoms with E-state index < -0.39 is 5.91 Å². The number of amides is 2. The maximum absolute atomic E-state index is 13.2. The van der Waals surface area contributed by atoms with Gasteiger partial charge in [0, 0.05) is 19.0 Å². The second-order valence-electron chi connectivity index (χ2n) is 6.36. The van der Waals surface area contributed by atoms with Gasteiger partial charge in [0.05, 0.1) is 29.7 Å². The summed E-state index contributed by atoms with van der Waals surface area (Å²) in [5, 5.41) is 11.9. The van der Waals surface area contributed by atoms with E-state index in [1.165, 1.54) is 0 Å². The van der Waals surface area contributed by atoms with Crippen LogP contribution in [0.1, 0.15) is 36.0 Å². The van der Waals surface area contributed by atoms with Gasteiger partial charge in [0.15, 0.2) is 0 Å². The quantitative estimate of drug-likeness (QED) is 0.395. The smallest absolute Gasteiger partial charge is 0.260 e. The highest BCUT2D eigenvalue weighted by Crippen LogP contribution is 2.38. The Bertz CT molecular complexity index is 838. The molecule has 0 aliphatic carbocycles. The number of carbonyl (C=O) groups is 2. The summed E-state index contributed by atoms with van der Waals surface area (Å²) in [6.45, 7) is 0.524. The van der Waals surface area contributed by atoms with E-state index in [0.717, 1.165) is 29.9 Å². The molecule has 0 saturated heterocycles. The van der Waals surface area contributed by atoms with Gasteiger partial charge in [0.1, 0.15) is 5.75 Å². The van der Waals surface area contributed by atoms with E-state index >= 15 is 0 Å². The zero-order chi connectivity index (χ0) is 19.2. The molecule has 0 saturated carbocycles. The molecule has 142 valence electrons. The van der Waals surface area contributed by atoms with E-state index in [1.54, 1.807) is 17.5 Å². The normalized spacial score (nSPS) is 12.5. The Kier molecular flexibility index (Phi) is 5.93. The Hall–Kier alpha value is -3.06. The molecule has 0 aromatic heterocycles. The van der Waals surface area contributed by atoms with Crippen molar-refractivity contribution < 1.29 is 19.5 Å². The van der Waals surface area contributed by atoms with Gasteiger partial charge in [-0.25, -0.2) is 5.48 Å². The fraction of sp³-hybridized carbons (Fsp3) is 0.300. The fourth-order valence-electron chi connectivity index (χ4n) is 3.16. The van der Waals surface area contributed by atoms with Crippen molar-refractivity contribution >= 4 is 28.9 Å². The first-order valence-electron chi connectivity index (χ1n) is 8.93. The number of hydrogen-bond acceptors (Lipinski definition) is 5. The number of ether oxygens (including phenoxy) is 1. The summed E-state index contributed by atoms with van der Waals surface area (Å²) >= 11 is 0. The zero-order valence-electron chi connectivity index (χ0n) is 15.2. The Labute approximate surface area is 157 Å². The van der Waals surface area contributed by atoms with Gasteiger partial charge in [0.2, 0.25) is 5.91 Å². The SMILES string of the molecule is COc1ccc2c(c1)N(CCCCCC(=O)NO)C(=O)c1ccccc1N2. The summed E-state index contributed by atoms with van der Waals surface area (Å²) in [6.07, 6.45) is 2.42. The molecular weight excluding hydrogens is 346 g/mol.